The maximum Gasteiger partial charge on any atom is 1.00 e. The number of aromatic nitrogens is 2. The molecule has 4 aromatic rings. The number of hydrogen-bond acceptors (Lipinski definition) is 1. The van der Waals surface area contributed by atoms with Crippen molar-refractivity contribution in [2.24, 2.45) is 0 Å². The summed E-state index contributed by atoms with van der Waals surface area (Å²) in [6.45, 7) is 5.22. The molecule has 2 aromatic heterocycles. The van der Waals surface area contributed by atoms with Gasteiger partial charge in [0, 0.05) is 35.4 Å². The van der Waals surface area contributed by atoms with Crippen LogP contribution in [0, 0.1) is 13.8 Å². The van der Waals surface area contributed by atoms with Crippen molar-refractivity contribution in [3.63, 3.8) is 0 Å². The molecule has 0 radical (unpaired) electrons. The molecule has 25 heavy (non-hydrogen) atoms. The quantitative estimate of drug-likeness (QED) is 0.529. The largest absolute Gasteiger partial charge is 1.00 e. The molecule has 0 spiro atoms. The number of rotatable bonds is 2. The van der Waals surface area contributed by atoms with Gasteiger partial charge in [-0.25, -0.2) is 0 Å². The Labute approximate surface area is 193 Å². The van der Waals surface area contributed by atoms with Crippen molar-refractivity contribution < 1.29 is 52.8 Å². The Balaban J connectivity index is 0.000000252. The second-order valence-corrected chi connectivity index (χ2v) is 6.67. The van der Waals surface area contributed by atoms with Crippen molar-refractivity contribution in [2.45, 2.75) is 20.4 Å². The van der Waals surface area contributed by atoms with Gasteiger partial charge in [0.2, 0.25) is 0 Å². The predicted molar refractivity (Wildman–Crippen MR) is 105 cm³/mol. The first kappa shape index (κ1) is 20.4. The van der Waals surface area contributed by atoms with Crippen LogP contribution in [0.25, 0.3) is 21.8 Å². The summed E-state index contributed by atoms with van der Waals surface area (Å²) in [4.78, 5) is 8.63. The van der Waals surface area contributed by atoms with Crippen LogP contribution >= 0.6 is 0 Å². The zero-order valence-corrected chi connectivity index (χ0v) is 19.0. The van der Waals surface area contributed by atoms with E-state index in [0.29, 0.717) is 0 Å². The van der Waals surface area contributed by atoms with Crippen molar-refractivity contribution in [1.29, 1.82) is 0 Å². The van der Waals surface area contributed by atoms with Crippen molar-refractivity contribution in [2.75, 3.05) is 14.1 Å². The van der Waals surface area contributed by atoms with Gasteiger partial charge in [-0.15, -0.1) is 0 Å². The van der Waals surface area contributed by atoms with E-state index in [4.69, 9.17) is 0 Å². The minimum atomic E-state index is 0. The Bertz CT molecular complexity index is 956. The fourth-order valence-electron chi connectivity index (χ4n) is 2.94. The van der Waals surface area contributed by atoms with Crippen molar-refractivity contribution in [3.8, 4) is 0 Å². The van der Waals surface area contributed by atoms with Gasteiger partial charge >= 0.3 is 51.4 Å². The van der Waals surface area contributed by atoms with Gasteiger partial charge in [-0.1, -0.05) is 23.3 Å². The number of aromatic amines is 2. The second kappa shape index (κ2) is 9.17. The van der Waals surface area contributed by atoms with Crippen LogP contribution in [0.3, 0.4) is 0 Å². The van der Waals surface area contributed by atoms with Crippen LogP contribution in [0.4, 0.5) is 0 Å². The molecule has 0 aliphatic heterocycles. The van der Waals surface area contributed by atoms with Crippen LogP contribution in [0.1, 0.15) is 18.1 Å². The molecule has 4 rings (SSSR count). The van der Waals surface area contributed by atoms with E-state index in [2.05, 4.69) is 91.5 Å². The molecular formula is C21H26KN3. The third-order valence-electron chi connectivity index (χ3n) is 4.12. The van der Waals surface area contributed by atoms with E-state index >= 15 is 0 Å². The van der Waals surface area contributed by atoms with E-state index < -0.39 is 0 Å². The molecule has 0 bridgehead atoms. The van der Waals surface area contributed by atoms with Crippen LogP contribution in [0.15, 0.2) is 54.9 Å². The third kappa shape index (κ3) is 5.30. The maximum absolute atomic E-state index is 3.29. The molecule has 0 fully saturated rings. The first-order valence-electron chi connectivity index (χ1n) is 8.28. The van der Waals surface area contributed by atoms with Crippen LogP contribution < -0.4 is 51.4 Å². The average Bonchev–Trinajstić information content (AvgIpc) is 3.14. The summed E-state index contributed by atoms with van der Waals surface area (Å²) >= 11 is 0. The molecule has 0 saturated carbocycles. The molecule has 2 N–H and O–H groups in total. The summed E-state index contributed by atoms with van der Waals surface area (Å²) in [5, 5.41) is 2.64. The van der Waals surface area contributed by atoms with Gasteiger partial charge in [-0.05, 0) is 69.2 Å². The Morgan fingerprint density at radius 1 is 0.880 bits per heavy atom. The zero-order valence-electron chi connectivity index (χ0n) is 16.9. The first-order chi connectivity index (χ1) is 11.5. The molecule has 2 heterocycles. The molecule has 0 atom stereocenters. The molecule has 0 unspecified atom stereocenters. The van der Waals surface area contributed by atoms with Crippen molar-refractivity contribution in [1.82, 2.24) is 14.9 Å². The van der Waals surface area contributed by atoms with Gasteiger partial charge in [-0.3, -0.25) is 0 Å². The van der Waals surface area contributed by atoms with Crippen LogP contribution in [0.2, 0.25) is 0 Å². The standard InChI is InChI=1S/C12H16N2.C9H9N.K.H/c1-9-4-5-12-11(6-9)10(7-13-12)8-14(2)3;1-7-2-3-9-8(6-7)4-5-10-9;;/h4-7,13H,8H2,1-3H3;2-6,10H,1H3;;/q;;+1;-1. The van der Waals surface area contributed by atoms with Gasteiger partial charge in [0.05, 0.1) is 0 Å². The van der Waals surface area contributed by atoms with E-state index in [9.17, 15) is 0 Å². The minimum absolute atomic E-state index is 0. The van der Waals surface area contributed by atoms with E-state index in [1.165, 1.54) is 38.5 Å². The summed E-state index contributed by atoms with van der Waals surface area (Å²) < 4.78 is 0. The first-order valence-corrected chi connectivity index (χ1v) is 8.28. The molecule has 0 aliphatic carbocycles. The number of hydrogen-bond donors (Lipinski definition) is 2. The Kier molecular flexibility index (Phi) is 7.49. The summed E-state index contributed by atoms with van der Waals surface area (Å²) in [7, 11) is 4.18. The number of benzene rings is 2. The molecule has 3 nitrogen and oxygen atoms in total. The van der Waals surface area contributed by atoms with Gasteiger partial charge < -0.3 is 16.3 Å². The van der Waals surface area contributed by atoms with Crippen molar-refractivity contribution >= 4 is 21.8 Å². The Morgan fingerprint density at radius 3 is 2.28 bits per heavy atom. The van der Waals surface area contributed by atoms with E-state index in [1.807, 2.05) is 6.20 Å². The van der Waals surface area contributed by atoms with Crippen LogP contribution in [-0.2, 0) is 6.54 Å². The second-order valence-electron chi connectivity index (χ2n) is 6.67. The van der Waals surface area contributed by atoms with Crippen LogP contribution in [-0.4, -0.2) is 29.0 Å². The molecule has 0 amide bonds. The molecule has 2 aromatic carbocycles. The number of fused-ring (bicyclic) bond motifs is 2. The number of H-pyrrole nitrogens is 2. The summed E-state index contributed by atoms with van der Waals surface area (Å²) in [5.74, 6) is 0. The molecule has 0 saturated heterocycles. The van der Waals surface area contributed by atoms with E-state index in [0.717, 1.165) is 6.54 Å². The minimum Gasteiger partial charge on any atom is -1.00 e. The maximum atomic E-state index is 3.29. The van der Waals surface area contributed by atoms with Gasteiger partial charge in [-0.2, -0.15) is 0 Å². The molecule has 4 heteroatoms. The molecular weight excluding hydrogens is 333 g/mol. The SMILES string of the molecule is Cc1ccc2[nH]cc(CN(C)C)c2c1.Cc1ccc2[nH]ccc2c1.[H-].[K+]. The normalized spacial score (nSPS) is 10.6. The summed E-state index contributed by atoms with van der Waals surface area (Å²) in [5.41, 5.74) is 6.44. The summed E-state index contributed by atoms with van der Waals surface area (Å²) in [6, 6.07) is 15.0. The number of aryl methyl sites for hydroxylation is 2. The Hall–Kier alpha value is -0.884. The monoisotopic (exact) mass is 359 g/mol. The third-order valence-corrected chi connectivity index (χ3v) is 4.12. The summed E-state index contributed by atoms with van der Waals surface area (Å²) in [6.07, 6.45) is 4.06. The van der Waals surface area contributed by atoms with E-state index in [1.54, 1.807) is 0 Å². The molecule has 0 aliphatic rings. The fourth-order valence-corrected chi connectivity index (χ4v) is 2.94. The fraction of sp³-hybridized carbons (Fsp3) is 0.238. The van der Waals surface area contributed by atoms with Gasteiger partial charge in [0.15, 0.2) is 0 Å². The molecule has 126 valence electrons. The predicted octanol–water partition coefficient (Wildman–Crippen LogP) is 2.13. The average molecular weight is 360 g/mol. The van der Waals surface area contributed by atoms with Gasteiger partial charge in [0.25, 0.3) is 0 Å². The van der Waals surface area contributed by atoms with Gasteiger partial charge in [0.1, 0.15) is 0 Å². The van der Waals surface area contributed by atoms with Crippen molar-refractivity contribution in [3.05, 3.63) is 71.5 Å². The van der Waals surface area contributed by atoms with E-state index in [-0.39, 0.29) is 52.8 Å². The number of nitrogens with zero attached hydrogens (tertiary/aromatic N) is 1. The van der Waals surface area contributed by atoms with Crippen LogP contribution in [0.5, 0.6) is 0 Å². The number of nitrogens with one attached hydrogen (secondary N) is 2. The zero-order chi connectivity index (χ0) is 17.1. The Morgan fingerprint density at radius 2 is 1.56 bits per heavy atom. The topological polar surface area (TPSA) is 34.8 Å². The smallest absolute Gasteiger partial charge is 1.00 e.